The lowest BCUT2D eigenvalue weighted by Crippen LogP contribution is -2.21. The van der Waals surface area contributed by atoms with Crippen molar-refractivity contribution in [2.45, 2.75) is 25.4 Å². The molecule has 4 N–H and O–H groups in total. The molecule has 0 unspecified atom stereocenters. The van der Waals surface area contributed by atoms with Crippen LogP contribution in [0.25, 0.3) is 10.8 Å². The summed E-state index contributed by atoms with van der Waals surface area (Å²) in [5.74, 6) is -2.13. The van der Waals surface area contributed by atoms with Crippen LogP contribution in [0.5, 0.6) is 5.75 Å². The van der Waals surface area contributed by atoms with Crippen LogP contribution in [0.2, 0.25) is 0 Å². The minimum absolute atomic E-state index is 0.0519. The zero-order valence-corrected chi connectivity index (χ0v) is 15.6. The van der Waals surface area contributed by atoms with Gasteiger partial charge in [0, 0.05) is 12.0 Å². The fraction of sp³-hybridized carbons (Fsp3) is 0.316. The van der Waals surface area contributed by atoms with Crippen LogP contribution in [0.4, 0.5) is 13.2 Å². The molecule has 0 aliphatic heterocycles. The molecule has 0 saturated carbocycles. The number of nitrogens with one attached hydrogen (secondary N) is 1. The number of alkyl halides is 3. The lowest BCUT2D eigenvalue weighted by Gasteiger charge is -2.08. The molecule has 29 heavy (non-hydrogen) atoms. The van der Waals surface area contributed by atoms with Crippen molar-refractivity contribution in [2.24, 2.45) is 5.73 Å². The smallest absolute Gasteiger partial charge is 0.490 e. The maximum Gasteiger partial charge on any atom is 0.490 e. The molecule has 0 fully saturated rings. The summed E-state index contributed by atoms with van der Waals surface area (Å²) < 4.78 is 42.0. The van der Waals surface area contributed by atoms with Gasteiger partial charge in [0.15, 0.2) is 0 Å². The highest BCUT2D eigenvalue weighted by Gasteiger charge is 2.38. The van der Waals surface area contributed by atoms with Gasteiger partial charge in [-0.25, -0.2) is 4.79 Å². The third kappa shape index (κ3) is 8.50. The van der Waals surface area contributed by atoms with E-state index in [1.807, 2.05) is 36.4 Å². The molecule has 2 aromatic carbocycles. The number of aliphatic carboxylic acids is 1. The van der Waals surface area contributed by atoms with Crippen LogP contribution >= 0.6 is 0 Å². The van der Waals surface area contributed by atoms with Crippen molar-refractivity contribution in [1.82, 2.24) is 0 Å². The number of nitrogen functional groups attached to an aromatic ring is 1. The van der Waals surface area contributed by atoms with Crippen LogP contribution in [0.1, 0.15) is 24.8 Å². The molecule has 0 amide bonds. The Balaban J connectivity index is 0.000000516. The van der Waals surface area contributed by atoms with Crippen molar-refractivity contribution in [3.05, 3.63) is 42.0 Å². The predicted molar refractivity (Wildman–Crippen MR) is 100 cm³/mol. The molecule has 0 aliphatic rings. The summed E-state index contributed by atoms with van der Waals surface area (Å²) in [5.41, 5.74) is 6.20. The van der Waals surface area contributed by atoms with E-state index in [1.165, 1.54) is 7.11 Å². The normalized spacial score (nSPS) is 10.6. The minimum atomic E-state index is -5.08. The van der Waals surface area contributed by atoms with Crippen molar-refractivity contribution >= 4 is 28.5 Å². The fourth-order valence-electron chi connectivity index (χ4n) is 2.15. The Morgan fingerprint density at radius 1 is 1.10 bits per heavy atom. The first-order valence-corrected chi connectivity index (χ1v) is 8.42. The third-order valence-corrected chi connectivity index (χ3v) is 3.64. The largest absolute Gasteiger partial charge is 0.494 e. The van der Waals surface area contributed by atoms with Crippen molar-refractivity contribution < 1.29 is 37.3 Å². The summed E-state index contributed by atoms with van der Waals surface area (Å²) in [6.45, 7) is 0.550. The number of carbonyl (C=O) groups excluding carboxylic acids is 1. The van der Waals surface area contributed by atoms with Crippen LogP contribution in [0.15, 0.2) is 36.4 Å². The van der Waals surface area contributed by atoms with Crippen LogP contribution in [0.3, 0.4) is 0 Å². The Bertz CT molecular complexity index is 869. The molecule has 7 nitrogen and oxygen atoms in total. The SMILES string of the molecule is COC(=O)CCCCOc1ccc2ccc(C(=N)N)cc2c1.O=C(O)C(F)(F)F. The summed E-state index contributed by atoms with van der Waals surface area (Å²) in [5, 5.41) is 16.7. The van der Waals surface area contributed by atoms with E-state index in [0.29, 0.717) is 18.6 Å². The van der Waals surface area contributed by atoms with E-state index in [9.17, 15) is 18.0 Å². The molecule has 0 bridgehead atoms. The number of fused-ring (bicyclic) bond motifs is 1. The van der Waals surface area contributed by atoms with Gasteiger partial charge in [-0.2, -0.15) is 13.2 Å². The maximum absolute atomic E-state index is 11.0. The van der Waals surface area contributed by atoms with Gasteiger partial charge in [-0.1, -0.05) is 18.2 Å². The number of benzene rings is 2. The molecule has 158 valence electrons. The number of esters is 1. The molecule has 0 heterocycles. The number of halogens is 3. The number of hydrogen-bond acceptors (Lipinski definition) is 5. The second kappa shape index (κ2) is 10.9. The lowest BCUT2D eigenvalue weighted by atomic mass is 10.1. The Morgan fingerprint density at radius 2 is 1.72 bits per heavy atom. The highest BCUT2D eigenvalue weighted by molar-refractivity contribution is 5.99. The van der Waals surface area contributed by atoms with E-state index >= 15 is 0 Å². The Kier molecular flexibility index (Phi) is 8.91. The minimum Gasteiger partial charge on any atom is -0.494 e. The number of methoxy groups -OCH3 is 1. The average Bonchev–Trinajstić information content (AvgIpc) is 2.66. The average molecular weight is 414 g/mol. The predicted octanol–water partition coefficient (Wildman–Crippen LogP) is 3.48. The fourth-order valence-corrected chi connectivity index (χ4v) is 2.15. The lowest BCUT2D eigenvalue weighted by molar-refractivity contribution is -0.192. The summed E-state index contributed by atoms with van der Waals surface area (Å²) in [4.78, 5) is 19.9. The Morgan fingerprint density at radius 3 is 2.28 bits per heavy atom. The maximum atomic E-state index is 11.0. The highest BCUT2D eigenvalue weighted by Crippen LogP contribution is 2.22. The number of rotatable bonds is 7. The number of hydrogen-bond donors (Lipinski definition) is 3. The van der Waals surface area contributed by atoms with E-state index in [2.05, 4.69) is 4.74 Å². The zero-order chi connectivity index (χ0) is 22.0. The van der Waals surface area contributed by atoms with Crippen molar-refractivity contribution in [2.75, 3.05) is 13.7 Å². The quantitative estimate of drug-likeness (QED) is 0.276. The molecule has 0 aromatic heterocycles. The van der Waals surface area contributed by atoms with Crippen molar-refractivity contribution in [3.63, 3.8) is 0 Å². The van der Waals surface area contributed by atoms with Crippen LogP contribution in [-0.4, -0.2) is 42.8 Å². The number of carboxylic acids is 1. The van der Waals surface area contributed by atoms with Crippen molar-refractivity contribution in [1.29, 1.82) is 5.41 Å². The Hall–Kier alpha value is -3.30. The van der Waals surface area contributed by atoms with E-state index in [1.54, 1.807) is 0 Å². The van der Waals surface area contributed by atoms with Crippen LogP contribution in [-0.2, 0) is 14.3 Å². The molecule has 0 spiro atoms. The number of amidine groups is 1. The molecular weight excluding hydrogens is 393 g/mol. The summed E-state index contributed by atoms with van der Waals surface area (Å²) in [6.07, 6.45) is -3.13. The van der Waals surface area contributed by atoms with Gasteiger partial charge in [0.25, 0.3) is 0 Å². The van der Waals surface area contributed by atoms with E-state index in [0.717, 1.165) is 29.4 Å². The van der Waals surface area contributed by atoms with Gasteiger partial charge in [0.05, 0.1) is 13.7 Å². The van der Waals surface area contributed by atoms with E-state index in [4.69, 9.17) is 25.8 Å². The molecule has 2 aromatic rings. The summed E-state index contributed by atoms with van der Waals surface area (Å²) in [7, 11) is 1.39. The van der Waals surface area contributed by atoms with Crippen molar-refractivity contribution in [3.8, 4) is 5.75 Å². The second-order valence-electron chi connectivity index (χ2n) is 5.82. The number of nitrogens with two attached hydrogens (primary N) is 1. The van der Waals surface area contributed by atoms with E-state index in [-0.39, 0.29) is 11.8 Å². The van der Waals surface area contributed by atoms with Gasteiger partial charge in [-0.05, 0) is 41.8 Å². The number of carboxylic acid groups (broad SMARTS) is 1. The first-order valence-electron chi connectivity index (χ1n) is 8.42. The summed E-state index contributed by atoms with van der Waals surface area (Å²) >= 11 is 0. The first kappa shape index (κ1) is 23.7. The van der Waals surface area contributed by atoms with Crippen LogP contribution < -0.4 is 10.5 Å². The molecule has 2 rings (SSSR count). The van der Waals surface area contributed by atoms with Gasteiger partial charge < -0.3 is 20.3 Å². The van der Waals surface area contributed by atoms with Gasteiger partial charge in [-0.3, -0.25) is 10.2 Å². The van der Waals surface area contributed by atoms with Gasteiger partial charge >= 0.3 is 18.1 Å². The second-order valence-corrected chi connectivity index (χ2v) is 5.82. The third-order valence-electron chi connectivity index (χ3n) is 3.64. The zero-order valence-electron chi connectivity index (χ0n) is 15.6. The highest BCUT2D eigenvalue weighted by atomic mass is 19.4. The van der Waals surface area contributed by atoms with Gasteiger partial charge in [0.1, 0.15) is 11.6 Å². The molecule has 10 heteroatoms. The number of ether oxygens (including phenoxy) is 2. The molecule has 0 saturated heterocycles. The van der Waals surface area contributed by atoms with Crippen LogP contribution in [0, 0.1) is 5.41 Å². The van der Waals surface area contributed by atoms with Gasteiger partial charge in [-0.15, -0.1) is 0 Å². The molecule has 0 aliphatic carbocycles. The number of unbranched alkanes of at least 4 members (excludes halogenated alkanes) is 1. The molecular formula is C19H21F3N2O5. The first-order chi connectivity index (χ1) is 13.5. The Labute approximate surface area is 164 Å². The topological polar surface area (TPSA) is 123 Å². The molecule has 0 radical (unpaired) electrons. The summed E-state index contributed by atoms with van der Waals surface area (Å²) in [6, 6.07) is 11.5. The number of carbonyl (C=O) groups is 2. The monoisotopic (exact) mass is 414 g/mol. The van der Waals surface area contributed by atoms with Gasteiger partial charge in [0.2, 0.25) is 0 Å². The van der Waals surface area contributed by atoms with E-state index < -0.39 is 12.1 Å². The molecule has 0 atom stereocenters. The standard InChI is InChI=1S/C17H20N2O3.C2HF3O2/c1-21-16(20)4-2-3-9-22-15-8-7-12-5-6-13(17(18)19)10-14(12)11-15;3-2(4,5)1(6)7/h5-8,10-11H,2-4,9H2,1H3,(H3,18,19);(H,6,7).